The Hall–Kier alpha value is -1.88. The van der Waals surface area contributed by atoms with Crippen LogP contribution in [-0.2, 0) is 16.1 Å². The van der Waals surface area contributed by atoms with Gasteiger partial charge in [-0.15, -0.1) is 0 Å². The third-order valence-electron chi connectivity index (χ3n) is 3.54. The smallest absolute Gasteiger partial charge is 0.323 e. The fourth-order valence-electron chi connectivity index (χ4n) is 2.33. The topological polar surface area (TPSA) is 77.8 Å². The van der Waals surface area contributed by atoms with Crippen LogP contribution in [0.3, 0.4) is 0 Å². The van der Waals surface area contributed by atoms with Crippen LogP contribution in [0.25, 0.3) is 0 Å². The maximum atomic E-state index is 11.2. The molecule has 1 aromatic carbocycles. The van der Waals surface area contributed by atoms with E-state index in [0.717, 1.165) is 5.56 Å². The Morgan fingerprint density at radius 1 is 1.33 bits per heavy atom. The SMILES string of the molecule is C[C@@]1(C(=O)O)C[C@H](C(=O)O)N1Cc1ccccc1. The summed E-state index contributed by atoms with van der Waals surface area (Å²) in [6.45, 7) is 1.90. The molecule has 1 fully saturated rings. The molecule has 5 nitrogen and oxygen atoms in total. The summed E-state index contributed by atoms with van der Waals surface area (Å²) in [5, 5.41) is 18.3. The van der Waals surface area contributed by atoms with Crippen LogP contribution >= 0.6 is 0 Å². The van der Waals surface area contributed by atoms with E-state index in [1.807, 2.05) is 30.3 Å². The van der Waals surface area contributed by atoms with E-state index in [1.165, 1.54) is 4.90 Å². The quantitative estimate of drug-likeness (QED) is 0.838. The Labute approximate surface area is 105 Å². The molecule has 2 N–H and O–H groups in total. The normalized spacial score (nSPS) is 27.5. The molecular formula is C13H15NO4. The second kappa shape index (κ2) is 4.42. The summed E-state index contributed by atoms with van der Waals surface area (Å²) in [7, 11) is 0. The van der Waals surface area contributed by atoms with Crippen LogP contribution in [0.2, 0.25) is 0 Å². The third-order valence-corrected chi connectivity index (χ3v) is 3.54. The van der Waals surface area contributed by atoms with Crippen molar-refractivity contribution in [3.05, 3.63) is 35.9 Å². The largest absolute Gasteiger partial charge is 0.480 e. The van der Waals surface area contributed by atoms with E-state index >= 15 is 0 Å². The van der Waals surface area contributed by atoms with Crippen LogP contribution in [0.15, 0.2) is 30.3 Å². The van der Waals surface area contributed by atoms with Crippen molar-refractivity contribution in [2.45, 2.75) is 31.5 Å². The average molecular weight is 249 g/mol. The van der Waals surface area contributed by atoms with Crippen LogP contribution in [0, 0.1) is 0 Å². The molecule has 1 saturated heterocycles. The molecule has 1 aromatic rings. The monoisotopic (exact) mass is 249 g/mol. The van der Waals surface area contributed by atoms with Crippen molar-refractivity contribution < 1.29 is 19.8 Å². The van der Waals surface area contributed by atoms with Crippen molar-refractivity contribution in [3.63, 3.8) is 0 Å². The molecule has 0 radical (unpaired) electrons. The van der Waals surface area contributed by atoms with E-state index in [1.54, 1.807) is 6.92 Å². The zero-order valence-corrected chi connectivity index (χ0v) is 10.0. The fraction of sp³-hybridized carbons (Fsp3) is 0.385. The van der Waals surface area contributed by atoms with Crippen molar-refractivity contribution in [2.75, 3.05) is 0 Å². The van der Waals surface area contributed by atoms with Gasteiger partial charge in [0.1, 0.15) is 11.6 Å². The van der Waals surface area contributed by atoms with Gasteiger partial charge in [0.05, 0.1) is 0 Å². The summed E-state index contributed by atoms with van der Waals surface area (Å²) in [6.07, 6.45) is 0.143. The standard InChI is InChI=1S/C13H15NO4/c1-13(12(17)18)7-10(11(15)16)14(13)8-9-5-3-2-4-6-9/h2-6,10H,7-8H2,1H3,(H,15,16)(H,17,18)/t10-,13+/m1/s1. The number of nitrogens with zero attached hydrogens (tertiary/aromatic N) is 1. The number of carboxylic acids is 2. The maximum absolute atomic E-state index is 11.2. The zero-order chi connectivity index (χ0) is 13.3. The van der Waals surface area contributed by atoms with Crippen LogP contribution < -0.4 is 0 Å². The first-order valence-electron chi connectivity index (χ1n) is 5.72. The number of hydrogen-bond donors (Lipinski definition) is 2. The van der Waals surface area contributed by atoms with Crippen LogP contribution in [0.5, 0.6) is 0 Å². The van der Waals surface area contributed by atoms with E-state index < -0.39 is 23.5 Å². The summed E-state index contributed by atoms with van der Waals surface area (Å²) >= 11 is 0. The van der Waals surface area contributed by atoms with Gasteiger partial charge in [-0.05, 0) is 12.5 Å². The molecule has 0 aromatic heterocycles. The first-order valence-corrected chi connectivity index (χ1v) is 5.72. The highest BCUT2D eigenvalue weighted by Crippen LogP contribution is 2.38. The number of carbonyl (C=O) groups is 2. The molecule has 0 aliphatic carbocycles. The van der Waals surface area contributed by atoms with Crippen molar-refractivity contribution in [1.29, 1.82) is 0 Å². The molecule has 1 heterocycles. The van der Waals surface area contributed by atoms with Gasteiger partial charge in [-0.1, -0.05) is 30.3 Å². The third kappa shape index (κ3) is 1.97. The minimum absolute atomic E-state index is 0.143. The number of hydrogen-bond acceptors (Lipinski definition) is 3. The van der Waals surface area contributed by atoms with Gasteiger partial charge in [0.25, 0.3) is 0 Å². The van der Waals surface area contributed by atoms with Crippen LogP contribution in [0.4, 0.5) is 0 Å². The lowest BCUT2D eigenvalue weighted by atomic mass is 9.79. The van der Waals surface area contributed by atoms with Crippen molar-refractivity contribution in [3.8, 4) is 0 Å². The van der Waals surface area contributed by atoms with Gasteiger partial charge in [-0.3, -0.25) is 14.5 Å². The minimum atomic E-state index is -1.08. The lowest BCUT2D eigenvalue weighted by Gasteiger charge is -2.51. The predicted molar refractivity (Wildman–Crippen MR) is 64.1 cm³/mol. The molecule has 0 unspecified atom stereocenters. The number of likely N-dealkylation sites (tertiary alicyclic amines) is 1. The van der Waals surface area contributed by atoms with Gasteiger partial charge >= 0.3 is 11.9 Å². The van der Waals surface area contributed by atoms with Crippen LogP contribution in [0.1, 0.15) is 18.9 Å². The van der Waals surface area contributed by atoms with Gasteiger partial charge in [0.15, 0.2) is 0 Å². The lowest BCUT2D eigenvalue weighted by molar-refractivity contribution is -0.178. The number of aliphatic carboxylic acids is 2. The minimum Gasteiger partial charge on any atom is -0.480 e. The molecule has 1 aliphatic rings. The summed E-state index contributed by atoms with van der Waals surface area (Å²) < 4.78 is 0. The van der Waals surface area contributed by atoms with Gasteiger partial charge < -0.3 is 10.2 Å². The van der Waals surface area contributed by atoms with Crippen molar-refractivity contribution in [2.24, 2.45) is 0 Å². The first-order chi connectivity index (χ1) is 8.45. The average Bonchev–Trinajstić information content (AvgIpc) is 2.33. The van der Waals surface area contributed by atoms with Gasteiger partial charge in [0.2, 0.25) is 0 Å². The predicted octanol–water partition coefficient (Wildman–Crippen LogP) is 1.19. The van der Waals surface area contributed by atoms with Gasteiger partial charge in [-0.25, -0.2) is 0 Å². The molecule has 0 saturated carbocycles. The van der Waals surface area contributed by atoms with Crippen LogP contribution in [-0.4, -0.2) is 38.6 Å². The lowest BCUT2D eigenvalue weighted by Crippen LogP contribution is -2.69. The Morgan fingerprint density at radius 3 is 2.44 bits per heavy atom. The maximum Gasteiger partial charge on any atom is 0.323 e. The Kier molecular flexibility index (Phi) is 3.09. The van der Waals surface area contributed by atoms with E-state index in [4.69, 9.17) is 5.11 Å². The summed E-state index contributed by atoms with van der Waals surface area (Å²) in [4.78, 5) is 23.8. The number of carboxylic acid groups (broad SMARTS) is 2. The second-order valence-electron chi connectivity index (χ2n) is 4.75. The highest BCUT2D eigenvalue weighted by molar-refractivity contribution is 5.85. The van der Waals surface area contributed by atoms with Crippen molar-refractivity contribution in [1.82, 2.24) is 4.90 Å². The molecule has 18 heavy (non-hydrogen) atoms. The van der Waals surface area contributed by atoms with E-state index in [9.17, 15) is 14.7 Å². The van der Waals surface area contributed by atoms with E-state index in [-0.39, 0.29) is 6.42 Å². The zero-order valence-electron chi connectivity index (χ0n) is 10.0. The Morgan fingerprint density at radius 2 is 1.94 bits per heavy atom. The molecule has 5 heteroatoms. The second-order valence-corrected chi connectivity index (χ2v) is 4.75. The first kappa shape index (κ1) is 12.6. The molecule has 1 aliphatic heterocycles. The van der Waals surface area contributed by atoms with E-state index in [0.29, 0.717) is 6.54 Å². The highest BCUT2D eigenvalue weighted by Gasteiger charge is 2.56. The Bertz CT molecular complexity index is 473. The molecule has 96 valence electrons. The number of benzene rings is 1. The fourth-order valence-corrected chi connectivity index (χ4v) is 2.33. The molecule has 0 spiro atoms. The molecule has 2 atom stereocenters. The number of rotatable bonds is 4. The summed E-state index contributed by atoms with van der Waals surface area (Å²) in [5.41, 5.74) is -0.172. The highest BCUT2D eigenvalue weighted by atomic mass is 16.4. The molecule has 0 amide bonds. The Balaban J connectivity index is 2.20. The molecule has 2 rings (SSSR count). The van der Waals surface area contributed by atoms with E-state index in [2.05, 4.69) is 0 Å². The van der Waals surface area contributed by atoms with Crippen molar-refractivity contribution >= 4 is 11.9 Å². The molecular weight excluding hydrogens is 234 g/mol. The molecule has 0 bridgehead atoms. The van der Waals surface area contributed by atoms with Gasteiger partial charge in [0, 0.05) is 13.0 Å². The summed E-state index contributed by atoms with van der Waals surface area (Å²) in [5.74, 6) is -1.94. The summed E-state index contributed by atoms with van der Waals surface area (Å²) in [6, 6.07) is 8.57. The van der Waals surface area contributed by atoms with Gasteiger partial charge in [-0.2, -0.15) is 0 Å².